The van der Waals surface area contributed by atoms with Gasteiger partial charge in [-0.3, -0.25) is 9.69 Å². The number of nitrogen functional groups attached to an aromatic ring is 1. The summed E-state index contributed by atoms with van der Waals surface area (Å²) < 4.78 is 5.82. The van der Waals surface area contributed by atoms with E-state index in [1.54, 1.807) is 0 Å². The lowest BCUT2D eigenvalue weighted by Crippen LogP contribution is -2.48. The molecule has 5 heteroatoms. The van der Waals surface area contributed by atoms with Crippen LogP contribution < -0.4 is 5.73 Å². The molecule has 2 aliphatic heterocycles. The van der Waals surface area contributed by atoms with E-state index in [1.165, 1.54) is 0 Å². The maximum Gasteiger partial charge on any atom is 0.226 e. The van der Waals surface area contributed by atoms with Gasteiger partial charge in [0.05, 0.1) is 18.6 Å². The predicted octanol–water partition coefficient (Wildman–Crippen LogP) is 2.16. The largest absolute Gasteiger partial charge is 0.399 e. The van der Waals surface area contributed by atoms with Gasteiger partial charge in [-0.2, -0.15) is 0 Å². The first-order valence-electron chi connectivity index (χ1n) is 9.49. The molecule has 2 heterocycles. The smallest absolute Gasteiger partial charge is 0.226 e. The molecule has 25 heavy (non-hydrogen) atoms. The van der Waals surface area contributed by atoms with E-state index in [4.69, 9.17) is 10.5 Å². The number of hydrogen-bond acceptors (Lipinski definition) is 4. The molecular weight excluding hydrogens is 314 g/mol. The minimum absolute atomic E-state index is 0.233. The standard InChI is InChI=1S/C20H31N3O2/c1-15-12-22(13-16(2)25-15)14-18-7-9-23(10-8-18)20(24)11-17-3-5-19(21)6-4-17/h3-6,15-16,18H,7-14,21H2,1-2H3. The number of nitrogens with zero attached hydrogens (tertiary/aromatic N) is 2. The Kier molecular flexibility index (Phi) is 5.97. The lowest BCUT2D eigenvalue weighted by Gasteiger charge is -2.39. The van der Waals surface area contributed by atoms with Crippen molar-refractivity contribution in [3.8, 4) is 0 Å². The van der Waals surface area contributed by atoms with Crippen LogP contribution in [0.2, 0.25) is 0 Å². The van der Waals surface area contributed by atoms with Crippen LogP contribution in [0.5, 0.6) is 0 Å². The van der Waals surface area contributed by atoms with Crippen LogP contribution >= 0.6 is 0 Å². The summed E-state index contributed by atoms with van der Waals surface area (Å²) in [6, 6.07) is 7.61. The van der Waals surface area contributed by atoms with Crippen molar-refractivity contribution >= 4 is 11.6 Å². The van der Waals surface area contributed by atoms with Gasteiger partial charge in [-0.15, -0.1) is 0 Å². The molecule has 0 spiro atoms. The fourth-order valence-electron chi connectivity index (χ4n) is 4.09. The molecule has 0 bridgehead atoms. The van der Waals surface area contributed by atoms with Gasteiger partial charge in [0.2, 0.25) is 5.91 Å². The van der Waals surface area contributed by atoms with E-state index in [-0.39, 0.29) is 5.91 Å². The van der Waals surface area contributed by atoms with E-state index in [9.17, 15) is 4.79 Å². The molecule has 2 aliphatic rings. The third-order valence-electron chi connectivity index (χ3n) is 5.31. The molecule has 2 saturated heterocycles. The number of likely N-dealkylation sites (tertiary alicyclic amines) is 1. The van der Waals surface area contributed by atoms with E-state index < -0.39 is 0 Å². The molecule has 0 aromatic heterocycles. The Balaban J connectivity index is 1.43. The average Bonchev–Trinajstić information content (AvgIpc) is 2.56. The number of benzene rings is 1. The molecule has 0 aliphatic carbocycles. The minimum Gasteiger partial charge on any atom is -0.399 e. The molecule has 2 unspecified atom stereocenters. The number of hydrogen-bond donors (Lipinski definition) is 1. The van der Waals surface area contributed by atoms with Crippen molar-refractivity contribution in [1.29, 1.82) is 0 Å². The molecule has 3 rings (SSSR count). The molecule has 0 radical (unpaired) electrons. The van der Waals surface area contributed by atoms with Gasteiger partial charge < -0.3 is 15.4 Å². The minimum atomic E-state index is 0.233. The quantitative estimate of drug-likeness (QED) is 0.850. The lowest BCUT2D eigenvalue weighted by atomic mass is 9.95. The van der Waals surface area contributed by atoms with Crippen molar-refractivity contribution in [3.63, 3.8) is 0 Å². The molecule has 1 aromatic rings. The third-order valence-corrected chi connectivity index (χ3v) is 5.31. The summed E-state index contributed by atoms with van der Waals surface area (Å²) in [5.41, 5.74) is 7.48. The molecule has 2 atom stereocenters. The zero-order valence-electron chi connectivity index (χ0n) is 15.5. The highest BCUT2D eigenvalue weighted by atomic mass is 16.5. The second-order valence-electron chi connectivity index (χ2n) is 7.72. The van der Waals surface area contributed by atoms with Crippen LogP contribution in [0.4, 0.5) is 5.69 Å². The summed E-state index contributed by atoms with van der Waals surface area (Å²) in [7, 11) is 0. The highest BCUT2D eigenvalue weighted by Gasteiger charge is 2.27. The summed E-state index contributed by atoms with van der Waals surface area (Å²) in [4.78, 5) is 17.1. The van der Waals surface area contributed by atoms with Crippen LogP contribution in [0, 0.1) is 5.92 Å². The van der Waals surface area contributed by atoms with Gasteiger partial charge >= 0.3 is 0 Å². The number of rotatable bonds is 4. The zero-order valence-corrected chi connectivity index (χ0v) is 15.5. The topological polar surface area (TPSA) is 58.8 Å². The molecule has 2 fully saturated rings. The first-order valence-corrected chi connectivity index (χ1v) is 9.49. The normalized spacial score (nSPS) is 25.9. The van der Waals surface area contributed by atoms with Crippen LogP contribution in [-0.4, -0.2) is 60.6 Å². The number of carbonyl (C=O) groups excluding carboxylic acids is 1. The van der Waals surface area contributed by atoms with Crippen LogP contribution in [0.3, 0.4) is 0 Å². The first-order chi connectivity index (χ1) is 12.0. The van der Waals surface area contributed by atoms with Gasteiger partial charge in [0.1, 0.15) is 0 Å². The van der Waals surface area contributed by atoms with Crippen LogP contribution in [0.1, 0.15) is 32.3 Å². The Morgan fingerprint density at radius 2 is 1.72 bits per heavy atom. The Morgan fingerprint density at radius 3 is 2.32 bits per heavy atom. The molecular formula is C20H31N3O2. The van der Waals surface area contributed by atoms with Gasteiger partial charge in [0, 0.05) is 38.4 Å². The summed E-state index contributed by atoms with van der Waals surface area (Å²) in [6.45, 7) is 9.27. The Labute approximate surface area is 151 Å². The van der Waals surface area contributed by atoms with Crippen LogP contribution in [0.25, 0.3) is 0 Å². The van der Waals surface area contributed by atoms with Gasteiger partial charge in [-0.1, -0.05) is 12.1 Å². The highest BCUT2D eigenvalue weighted by molar-refractivity contribution is 5.79. The first kappa shape index (κ1) is 18.2. The van der Waals surface area contributed by atoms with Crippen molar-refractivity contribution in [2.45, 2.75) is 45.3 Å². The second kappa shape index (κ2) is 8.19. The van der Waals surface area contributed by atoms with Gasteiger partial charge in [-0.25, -0.2) is 0 Å². The Hall–Kier alpha value is -1.59. The number of nitrogens with two attached hydrogens (primary N) is 1. The fraction of sp³-hybridized carbons (Fsp3) is 0.650. The summed E-state index contributed by atoms with van der Waals surface area (Å²) in [5, 5.41) is 0. The number of morpholine rings is 1. The fourth-order valence-corrected chi connectivity index (χ4v) is 4.09. The second-order valence-corrected chi connectivity index (χ2v) is 7.72. The molecule has 0 saturated carbocycles. The van der Waals surface area contributed by atoms with Crippen molar-refractivity contribution in [2.75, 3.05) is 38.5 Å². The molecule has 1 amide bonds. The van der Waals surface area contributed by atoms with E-state index >= 15 is 0 Å². The summed E-state index contributed by atoms with van der Waals surface area (Å²) >= 11 is 0. The van der Waals surface area contributed by atoms with E-state index in [0.717, 1.165) is 56.8 Å². The molecule has 1 aromatic carbocycles. The monoisotopic (exact) mass is 345 g/mol. The number of piperidine rings is 1. The van der Waals surface area contributed by atoms with Crippen LogP contribution in [0.15, 0.2) is 24.3 Å². The van der Waals surface area contributed by atoms with Crippen molar-refractivity contribution in [2.24, 2.45) is 5.92 Å². The maximum atomic E-state index is 12.5. The molecule has 5 nitrogen and oxygen atoms in total. The van der Waals surface area contributed by atoms with E-state index in [2.05, 4.69) is 18.7 Å². The number of carbonyl (C=O) groups is 1. The Morgan fingerprint density at radius 1 is 1.12 bits per heavy atom. The zero-order chi connectivity index (χ0) is 17.8. The number of ether oxygens (including phenoxy) is 1. The molecule has 2 N–H and O–H groups in total. The van der Waals surface area contributed by atoms with Gasteiger partial charge in [0.15, 0.2) is 0 Å². The Bertz CT molecular complexity index is 557. The SMILES string of the molecule is CC1CN(CC2CCN(C(=O)Cc3ccc(N)cc3)CC2)CC(C)O1. The average molecular weight is 345 g/mol. The van der Waals surface area contributed by atoms with Crippen LogP contribution in [-0.2, 0) is 16.0 Å². The van der Waals surface area contributed by atoms with E-state index in [0.29, 0.717) is 24.5 Å². The lowest BCUT2D eigenvalue weighted by molar-refractivity contribution is -0.132. The highest BCUT2D eigenvalue weighted by Crippen LogP contribution is 2.21. The van der Waals surface area contributed by atoms with Crippen molar-refractivity contribution in [1.82, 2.24) is 9.80 Å². The molecule has 138 valence electrons. The predicted molar refractivity (Wildman–Crippen MR) is 100 cm³/mol. The summed E-state index contributed by atoms with van der Waals surface area (Å²) in [6.07, 6.45) is 3.33. The van der Waals surface area contributed by atoms with Crippen molar-refractivity contribution < 1.29 is 9.53 Å². The summed E-state index contributed by atoms with van der Waals surface area (Å²) in [5.74, 6) is 0.926. The number of anilines is 1. The third kappa shape index (κ3) is 5.19. The number of amides is 1. The van der Waals surface area contributed by atoms with Gasteiger partial charge in [0.25, 0.3) is 0 Å². The van der Waals surface area contributed by atoms with E-state index in [1.807, 2.05) is 29.2 Å². The van der Waals surface area contributed by atoms with Crippen molar-refractivity contribution in [3.05, 3.63) is 29.8 Å². The maximum absolute atomic E-state index is 12.5. The van der Waals surface area contributed by atoms with Gasteiger partial charge in [-0.05, 0) is 50.3 Å².